The van der Waals surface area contributed by atoms with Crippen LogP contribution in [0.3, 0.4) is 0 Å². The fraction of sp³-hybridized carbons (Fsp3) is 0.182. The molecule has 1 heterocycles. The van der Waals surface area contributed by atoms with Crippen LogP contribution in [0.4, 0.5) is 10.1 Å². The zero-order valence-corrected chi connectivity index (χ0v) is 12.8. The topological polar surface area (TPSA) is 101 Å². The van der Waals surface area contributed by atoms with E-state index >= 15 is 0 Å². The molecule has 0 radical (unpaired) electrons. The van der Waals surface area contributed by atoms with E-state index in [1.165, 1.54) is 12.1 Å². The number of nitrogens with two attached hydrogens (primary N) is 1. The molecule has 2 aromatic rings. The van der Waals surface area contributed by atoms with E-state index in [0.717, 1.165) is 6.07 Å². The van der Waals surface area contributed by atoms with E-state index in [1.54, 1.807) is 6.92 Å². The van der Waals surface area contributed by atoms with Gasteiger partial charge in [-0.3, -0.25) is 9.82 Å². The van der Waals surface area contributed by atoms with Crippen LogP contribution in [0, 0.1) is 12.7 Å². The lowest BCUT2D eigenvalue weighted by Gasteiger charge is -2.08. The molecule has 1 aromatic heterocycles. The normalized spacial score (nSPS) is 11.6. The Morgan fingerprint density at radius 1 is 1.50 bits per heavy atom. The summed E-state index contributed by atoms with van der Waals surface area (Å²) < 4.78 is 40.7. The third kappa shape index (κ3) is 2.84. The third-order valence-electron chi connectivity index (χ3n) is 2.67. The van der Waals surface area contributed by atoms with Crippen molar-refractivity contribution in [1.82, 2.24) is 10.2 Å². The van der Waals surface area contributed by atoms with Gasteiger partial charge in [0.05, 0.1) is 5.69 Å². The first kappa shape index (κ1) is 14.9. The van der Waals surface area contributed by atoms with Crippen LogP contribution in [0.1, 0.15) is 11.3 Å². The van der Waals surface area contributed by atoms with E-state index in [4.69, 9.17) is 5.73 Å². The number of nitrogens with zero attached hydrogens (tertiary/aromatic N) is 1. The van der Waals surface area contributed by atoms with Gasteiger partial charge in [0.2, 0.25) is 5.03 Å². The molecule has 0 unspecified atom stereocenters. The van der Waals surface area contributed by atoms with Crippen molar-refractivity contribution in [2.75, 3.05) is 4.72 Å². The van der Waals surface area contributed by atoms with Crippen LogP contribution in [-0.4, -0.2) is 18.6 Å². The number of anilines is 1. The molecule has 9 heteroatoms. The fourth-order valence-corrected chi connectivity index (χ4v) is 3.27. The second-order valence-corrected chi connectivity index (χ2v) is 6.58. The molecule has 6 nitrogen and oxygen atoms in total. The molecular formula is C11H12BrFN4O2S. The van der Waals surface area contributed by atoms with Crippen molar-refractivity contribution in [3.8, 4) is 0 Å². The number of rotatable bonds is 4. The second kappa shape index (κ2) is 5.51. The average Bonchev–Trinajstić information content (AvgIpc) is 2.74. The number of H-pyrrole nitrogens is 1. The molecule has 4 N–H and O–H groups in total. The summed E-state index contributed by atoms with van der Waals surface area (Å²) in [5.41, 5.74) is 6.28. The SMILES string of the molecule is Cc1[nH]nc(S(=O)(=O)Nc2ccc(Br)cc2F)c1CN. The van der Waals surface area contributed by atoms with E-state index < -0.39 is 15.8 Å². The molecule has 0 atom stereocenters. The zero-order chi connectivity index (χ0) is 14.9. The molecule has 0 aliphatic rings. The van der Waals surface area contributed by atoms with Crippen molar-refractivity contribution in [2.45, 2.75) is 18.5 Å². The quantitative estimate of drug-likeness (QED) is 0.772. The summed E-state index contributed by atoms with van der Waals surface area (Å²) in [6.07, 6.45) is 0. The number of hydrogen-bond acceptors (Lipinski definition) is 4. The van der Waals surface area contributed by atoms with Crippen molar-refractivity contribution in [1.29, 1.82) is 0 Å². The highest BCUT2D eigenvalue weighted by Gasteiger charge is 2.24. The van der Waals surface area contributed by atoms with E-state index in [9.17, 15) is 12.8 Å². The highest BCUT2D eigenvalue weighted by molar-refractivity contribution is 9.10. The van der Waals surface area contributed by atoms with Crippen LogP contribution in [0.15, 0.2) is 27.7 Å². The zero-order valence-electron chi connectivity index (χ0n) is 10.4. The number of sulfonamides is 1. The summed E-state index contributed by atoms with van der Waals surface area (Å²) in [5.74, 6) is -0.690. The van der Waals surface area contributed by atoms with Crippen LogP contribution >= 0.6 is 15.9 Å². The summed E-state index contributed by atoms with van der Waals surface area (Å²) in [4.78, 5) is 0. The molecule has 1 aromatic carbocycles. The largest absolute Gasteiger partial charge is 0.326 e. The van der Waals surface area contributed by atoms with Crippen LogP contribution in [0.5, 0.6) is 0 Å². The number of hydrogen-bond donors (Lipinski definition) is 3. The Morgan fingerprint density at radius 3 is 2.80 bits per heavy atom. The lowest BCUT2D eigenvalue weighted by molar-refractivity contribution is 0.593. The maximum Gasteiger partial charge on any atom is 0.281 e. The van der Waals surface area contributed by atoms with Crippen molar-refractivity contribution < 1.29 is 12.8 Å². The minimum absolute atomic E-state index is 0.0153. The Hall–Kier alpha value is -1.45. The van der Waals surface area contributed by atoms with Gasteiger partial charge in [-0.15, -0.1) is 0 Å². The minimum atomic E-state index is -4.00. The molecule has 20 heavy (non-hydrogen) atoms. The van der Waals surface area contributed by atoms with Crippen molar-refractivity contribution in [3.63, 3.8) is 0 Å². The van der Waals surface area contributed by atoms with Gasteiger partial charge >= 0.3 is 0 Å². The number of nitrogens with one attached hydrogen (secondary N) is 2. The van der Waals surface area contributed by atoms with Crippen molar-refractivity contribution >= 4 is 31.6 Å². The van der Waals surface area contributed by atoms with E-state index in [0.29, 0.717) is 15.7 Å². The molecule has 0 saturated carbocycles. The number of aromatic nitrogens is 2. The third-order valence-corrected chi connectivity index (χ3v) is 4.50. The summed E-state index contributed by atoms with van der Waals surface area (Å²) in [6.45, 7) is 1.68. The maximum atomic E-state index is 13.7. The van der Waals surface area contributed by atoms with Gasteiger partial charge in [0.15, 0.2) is 0 Å². The van der Waals surface area contributed by atoms with Gasteiger partial charge < -0.3 is 5.73 Å². The molecule has 0 bridgehead atoms. The standard InChI is InChI=1S/C11H12BrFN4O2S/c1-6-8(5-14)11(16-15-6)20(18,19)17-10-3-2-7(12)4-9(10)13/h2-4,17H,5,14H2,1H3,(H,15,16). The Balaban J connectivity index is 2.41. The summed E-state index contributed by atoms with van der Waals surface area (Å²) in [6, 6.07) is 4.01. The summed E-state index contributed by atoms with van der Waals surface area (Å²) in [5, 5.41) is 6.05. The molecule has 0 amide bonds. The van der Waals surface area contributed by atoms with Crippen molar-refractivity contribution in [2.24, 2.45) is 5.73 Å². The first-order chi connectivity index (χ1) is 9.35. The predicted molar refractivity (Wildman–Crippen MR) is 76.1 cm³/mol. The molecule has 108 valence electrons. The highest BCUT2D eigenvalue weighted by Crippen LogP contribution is 2.23. The van der Waals surface area contributed by atoms with Gasteiger partial charge in [-0.25, -0.2) is 4.39 Å². The van der Waals surface area contributed by atoms with Gasteiger partial charge in [-0.05, 0) is 25.1 Å². The first-order valence-corrected chi connectivity index (χ1v) is 7.84. The molecule has 0 saturated heterocycles. The average molecular weight is 363 g/mol. The number of benzene rings is 1. The van der Waals surface area contributed by atoms with E-state index in [-0.39, 0.29) is 17.3 Å². The van der Waals surface area contributed by atoms with Gasteiger partial charge in [-0.1, -0.05) is 15.9 Å². The van der Waals surface area contributed by atoms with Gasteiger partial charge in [0, 0.05) is 22.3 Å². The first-order valence-electron chi connectivity index (χ1n) is 5.57. The highest BCUT2D eigenvalue weighted by atomic mass is 79.9. The Labute approximate surface area is 123 Å². The van der Waals surface area contributed by atoms with Gasteiger partial charge in [0.25, 0.3) is 10.0 Å². The van der Waals surface area contributed by atoms with Crippen LogP contribution < -0.4 is 10.5 Å². The van der Waals surface area contributed by atoms with Crippen molar-refractivity contribution in [3.05, 3.63) is 39.7 Å². The predicted octanol–water partition coefficient (Wildman–Crippen LogP) is 1.88. The van der Waals surface area contributed by atoms with E-state index in [2.05, 4.69) is 30.8 Å². The number of aryl methyl sites for hydroxylation is 1. The molecular weight excluding hydrogens is 351 g/mol. The maximum absolute atomic E-state index is 13.7. The lowest BCUT2D eigenvalue weighted by Crippen LogP contribution is -2.17. The molecule has 0 aliphatic carbocycles. The number of halogens is 2. The number of aromatic amines is 1. The molecule has 0 spiro atoms. The van der Waals surface area contributed by atoms with Gasteiger partial charge in [0.1, 0.15) is 5.82 Å². The van der Waals surface area contributed by atoms with E-state index in [1.807, 2.05) is 0 Å². The monoisotopic (exact) mass is 362 g/mol. The van der Waals surface area contributed by atoms with Crippen LogP contribution in [-0.2, 0) is 16.6 Å². The Kier molecular flexibility index (Phi) is 4.11. The summed E-state index contributed by atoms with van der Waals surface area (Å²) >= 11 is 3.10. The second-order valence-electron chi connectivity index (χ2n) is 4.07. The summed E-state index contributed by atoms with van der Waals surface area (Å²) in [7, 11) is -4.00. The molecule has 0 aliphatic heterocycles. The van der Waals surface area contributed by atoms with Crippen LogP contribution in [0.2, 0.25) is 0 Å². The fourth-order valence-electron chi connectivity index (χ4n) is 1.66. The van der Waals surface area contributed by atoms with Crippen LogP contribution in [0.25, 0.3) is 0 Å². The molecule has 0 fully saturated rings. The Bertz CT molecular complexity index is 745. The minimum Gasteiger partial charge on any atom is -0.326 e. The van der Waals surface area contributed by atoms with Gasteiger partial charge in [-0.2, -0.15) is 13.5 Å². The molecule has 2 rings (SSSR count). The smallest absolute Gasteiger partial charge is 0.281 e. The lowest BCUT2D eigenvalue weighted by atomic mass is 10.3. The Morgan fingerprint density at radius 2 is 2.20 bits per heavy atom.